The molecular formula is C22H24FN3O5S. The Kier molecular flexibility index (Phi) is 5.91. The van der Waals surface area contributed by atoms with E-state index in [-0.39, 0.29) is 49.3 Å². The fraction of sp³-hybridized carbons (Fsp3) is 0.364. The number of sulfonamides is 1. The van der Waals surface area contributed by atoms with Crippen LogP contribution < -0.4 is 10.1 Å². The second-order valence-electron chi connectivity index (χ2n) is 7.95. The molecule has 0 aromatic heterocycles. The summed E-state index contributed by atoms with van der Waals surface area (Å²) in [6.07, 6.45) is -0.649. The lowest BCUT2D eigenvalue weighted by atomic mass is 10.1. The van der Waals surface area contributed by atoms with Crippen LogP contribution in [0.2, 0.25) is 0 Å². The molecule has 32 heavy (non-hydrogen) atoms. The van der Waals surface area contributed by atoms with Gasteiger partial charge in [-0.2, -0.15) is 4.31 Å². The molecule has 2 aromatic rings. The van der Waals surface area contributed by atoms with E-state index >= 15 is 0 Å². The van der Waals surface area contributed by atoms with Gasteiger partial charge in [-0.25, -0.2) is 12.8 Å². The standard InChI is InChI=1S/C22H24FN3O5S/c1-14-10-18-19(31-15(2)22(28)24-18)13-20(14)32(29,30)26-8-6-25(7-9-26)21(27)12-16-4-3-5-17(23)11-16/h3-5,10-11,13,15H,6-9,12H2,1-2H3,(H,24,28)/t15-/m1/s1. The molecule has 0 spiro atoms. The lowest BCUT2D eigenvalue weighted by molar-refractivity contribution is -0.131. The van der Waals surface area contributed by atoms with Crippen molar-refractivity contribution in [1.82, 2.24) is 9.21 Å². The van der Waals surface area contributed by atoms with E-state index in [1.807, 2.05) is 0 Å². The summed E-state index contributed by atoms with van der Waals surface area (Å²) in [5.41, 5.74) is 1.51. The first-order chi connectivity index (χ1) is 15.1. The summed E-state index contributed by atoms with van der Waals surface area (Å²) in [5, 5.41) is 2.71. The highest BCUT2D eigenvalue weighted by Crippen LogP contribution is 2.35. The molecule has 1 fully saturated rings. The number of carbonyl (C=O) groups excluding carboxylic acids is 2. The van der Waals surface area contributed by atoms with Crippen molar-refractivity contribution in [3.05, 3.63) is 53.3 Å². The number of fused-ring (bicyclic) bond motifs is 1. The van der Waals surface area contributed by atoms with Crippen molar-refractivity contribution in [3.8, 4) is 5.75 Å². The minimum absolute atomic E-state index is 0.0652. The first-order valence-electron chi connectivity index (χ1n) is 10.3. The smallest absolute Gasteiger partial charge is 0.265 e. The number of ether oxygens (including phenoxy) is 1. The molecule has 0 radical (unpaired) electrons. The third-order valence-electron chi connectivity index (χ3n) is 5.66. The Morgan fingerprint density at radius 3 is 2.59 bits per heavy atom. The minimum atomic E-state index is -3.82. The monoisotopic (exact) mass is 461 g/mol. The lowest BCUT2D eigenvalue weighted by Gasteiger charge is -2.34. The number of benzene rings is 2. The summed E-state index contributed by atoms with van der Waals surface area (Å²) in [7, 11) is -3.82. The molecule has 0 unspecified atom stereocenters. The van der Waals surface area contributed by atoms with E-state index in [0.29, 0.717) is 22.6 Å². The first-order valence-corrected chi connectivity index (χ1v) is 11.7. The summed E-state index contributed by atoms with van der Waals surface area (Å²) >= 11 is 0. The average molecular weight is 462 g/mol. The normalized spacial score (nSPS) is 19.2. The van der Waals surface area contributed by atoms with Gasteiger partial charge in [0.2, 0.25) is 15.9 Å². The maximum Gasteiger partial charge on any atom is 0.265 e. The minimum Gasteiger partial charge on any atom is -0.479 e. The molecule has 2 heterocycles. The summed E-state index contributed by atoms with van der Waals surface area (Å²) in [5.74, 6) is -0.544. The molecule has 2 aliphatic heterocycles. The number of hydrogen-bond acceptors (Lipinski definition) is 5. The number of anilines is 1. The maximum absolute atomic E-state index is 13.4. The fourth-order valence-electron chi connectivity index (χ4n) is 3.87. The quantitative estimate of drug-likeness (QED) is 0.751. The molecule has 8 nitrogen and oxygen atoms in total. The van der Waals surface area contributed by atoms with E-state index in [4.69, 9.17) is 4.74 Å². The van der Waals surface area contributed by atoms with E-state index in [0.717, 1.165) is 0 Å². The largest absolute Gasteiger partial charge is 0.479 e. The molecule has 0 aliphatic carbocycles. The number of piperazine rings is 1. The number of halogens is 1. The van der Waals surface area contributed by atoms with Crippen LogP contribution in [0.15, 0.2) is 41.3 Å². The summed E-state index contributed by atoms with van der Waals surface area (Å²) in [6.45, 7) is 4.06. The van der Waals surface area contributed by atoms with Crippen LogP contribution in [0.5, 0.6) is 5.75 Å². The van der Waals surface area contributed by atoms with Crippen LogP contribution in [0.4, 0.5) is 10.1 Å². The molecule has 1 N–H and O–H groups in total. The second-order valence-corrected chi connectivity index (χ2v) is 9.86. The van der Waals surface area contributed by atoms with Crippen molar-refractivity contribution in [3.63, 3.8) is 0 Å². The third kappa shape index (κ3) is 4.33. The Hall–Kier alpha value is -2.98. The molecule has 2 aromatic carbocycles. The zero-order chi connectivity index (χ0) is 23.0. The third-order valence-corrected chi connectivity index (χ3v) is 7.70. The number of amides is 2. The molecular weight excluding hydrogens is 437 g/mol. The van der Waals surface area contributed by atoms with E-state index in [1.165, 1.54) is 22.5 Å². The van der Waals surface area contributed by atoms with E-state index < -0.39 is 21.9 Å². The van der Waals surface area contributed by atoms with Crippen LogP contribution in [-0.4, -0.2) is 61.7 Å². The van der Waals surface area contributed by atoms with Crippen molar-refractivity contribution >= 4 is 27.5 Å². The van der Waals surface area contributed by atoms with Crippen LogP contribution in [0.1, 0.15) is 18.1 Å². The van der Waals surface area contributed by atoms with E-state index in [9.17, 15) is 22.4 Å². The molecule has 1 atom stereocenters. The van der Waals surface area contributed by atoms with Crippen LogP contribution in [0.25, 0.3) is 0 Å². The maximum atomic E-state index is 13.4. The molecule has 0 saturated carbocycles. The van der Waals surface area contributed by atoms with Crippen molar-refractivity contribution in [2.24, 2.45) is 0 Å². The first kappa shape index (κ1) is 22.2. The number of nitrogens with one attached hydrogen (secondary N) is 1. The molecule has 170 valence electrons. The average Bonchev–Trinajstić information content (AvgIpc) is 2.74. The van der Waals surface area contributed by atoms with Gasteiger partial charge in [0.1, 0.15) is 11.6 Å². The van der Waals surface area contributed by atoms with Crippen LogP contribution in [-0.2, 0) is 26.0 Å². The highest BCUT2D eigenvalue weighted by Gasteiger charge is 2.33. The zero-order valence-corrected chi connectivity index (χ0v) is 18.6. The SMILES string of the molecule is Cc1cc2c(cc1S(=O)(=O)N1CCN(C(=O)Cc3cccc(F)c3)CC1)O[C@H](C)C(=O)N2. The molecule has 4 rings (SSSR count). The highest BCUT2D eigenvalue weighted by atomic mass is 32.2. The van der Waals surface area contributed by atoms with E-state index in [1.54, 1.807) is 36.9 Å². The van der Waals surface area contributed by atoms with Crippen molar-refractivity contribution in [2.75, 3.05) is 31.5 Å². The Balaban J connectivity index is 1.46. The number of nitrogens with zero attached hydrogens (tertiary/aromatic N) is 2. The second kappa shape index (κ2) is 8.51. The Labute approximate surface area is 186 Å². The molecule has 2 aliphatic rings. The Morgan fingerprint density at radius 1 is 1.19 bits per heavy atom. The summed E-state index contributed by atoms with van der Waals surface area (Å²) < 4.78 is 46.8. The number of aryl methyl sites for hydroxylation is 1. The topological polar surface area (TPSA) is 96.0 Å². The summed E-state index contributed by atoms with van der Waals surface area (Å²) in [6, 6.07) is 8.91. The van der Waals surface area contributed by atoms with Crippen molar-refractivity contribution < 1.29 is 27.1 Å². The van der Waals surface area contributed by atoms with Gasteiger partial charge in [0.15, 0.2) is 6.10 Å². The zero-order valence-electron chi connectivity index (χ0n) is 17.8. The van der Waals surface area contributed by atoms with Gasteiger partial charge in [-0.1, -0.05) is 12.1 Å². The molecule has 10 heteroatoms. The Bertz CT molecular complexity index is 1180. The predicted octanol–water partition coefficient (Wildman–Crippen LogP) is 1.93. The van der Waals surface area contributed by atoms with E-state index in [2.05, 4.69) is 5.32 Å². The van der Waals surface area contributed by atoms with Gasteiger partial charge in [0, 0.05) is 32.2 Å². The Morgan fingerprint density at radius 2 is 1.91 bits per heavy atom. The molecule has 2 amide bonds. The number of hydrogen-bond donors (Lipinski definition) is 1. The molecule has 0 bridgehead atoms. The van der Waals surface area contributed by atoms with Crippen molar-refractivity contribution in [1.29, 1.82) is 0 Å². The van der Waals surface area contributed by atoms with Gasteiger partial charge in [-0.05, 0) is 43.2 Å². The van der Waals surface area contributed by atoms with Gasteiger partial charge >= 0.3 is 0 Å². The summed E-state index contributed by atoms with van der Waals surface area (Å²) in [4.78, 5) is 26.1. The van der Waals surface area contributed by atoms with Gasteiger partial charge in [-0.3, -0.25) is 9.59 Å². The van der Waals surface area contributed by atoms with Gasteiger partial charge in [-0.15, -0.1) is 0 Å². The van der Waals surface area contributed by atoms with Gasteiger partial charge in [0.05, 0.1) is 17.0 Å². The lowest BCUT2D eigenvalue weighted by Crippen LogP contribution is -2.51. The molecule has 1 saturated heterocycles. The van der Waals surface area contributed by atoms with Crippen LogP contribution >= 0.6 is 0 Å². The van der Waals surface area contributed by atoms with Crippen molar-refractivity contribution in [2.45, 2.75) is 31.3 Å². The number of carbonyl (C=O) groups is 2. The highest BCUT2D eigenvalue weighted by molar-refractivity contribution is 7.89. The fourth-order valence-corrected chi connectivity index (χ4v) is 5.52. The van der Waals surface area contributed by atoms with Gasteiger partial charge < -0.3 is 15.0 Å². The van der Waals surface area contributed by atoms with Crippen LogP contribution in [0.3, 0.4) is 0 Å². The van der Waals surface area contributed by atoms with Crippen LogP contribution in [0, 0.1) is 12.7 Å². The van der Waals surface area contributed by atoms with Gasteiger partial charge in [0.25, 0.3) is 5.91 Å². The number of rotatable bonds is 4. The predicted molar refractivity (Wildman–Crippen MR) is 115 cm³/mol.